The van der Waals surface area contributed by atoms with Crippen molar-refractivity contribution in [2.75, 3.05) is 6.61 Å². The highest BCUT2D eigenvalue weighted by molar-refractivity contribution is 9.10. The Bertz CT molecular complexity index is 999. The third-order valence-electron chi connectivity index (χ3n) is 4.09. The summed E-state index contributed by atoms with van der Waals surface area (Å²) in [5.74, 6) is -0.237. The smallest absolute Gasteiger partial charge is 0.308 e. The van der Waals surface area contributed by atoms with Gasteiger partial charge in [0.15, 0.2) is 0 Å². The Balaban J connectivity index is 2.00. The molecule has 0 radical (unpaired) electrons. The van der Waals surface area contributed by atoms with E-state index < -0.39 is 0 Å². The van der Waals surface area contributed by atoms with Crippen LogP contribution >= 0.6 is 15.9 Å². The quantitative estimate of drug-likeness (QED) is 0.242. The Hall–Kier alpha value is -2.67. The molecule has 0 saturated heterocycles. The molecular weight excluding hydrogens is 417 g/mol. The van der Waals surface area contributed by atoms with Crippen LogP contribution in [0.3, 0.4) is 0 Å². The summed E-state index contributed by atoms with van der Waals surface area (Å²) in [4.78, 5) is 21.6. The summed E-state index contributed by atoms with van der Waals surface area (Å²) < 4.78 is 26.0. The molecule has 140 valence electrons. The minimum absolute atomic E-state index is 0.254. The van der Waals surface area contributed by atoms with Crippen molar-refractivity contribution in [3.63, 3.8) is 0 Å². The first-order chi connectivity index (χ1) is 13.0. The third kappa shape index (κ3) is 4.54. The van der Waals surface area contributed by atoms with Gasteiger partial charge in [0.05, 0.1) is 11.1 Å². The van der Waals surface area contributed by atoms with E-state index in [9.17, 15) is 14.0 Å². The maximum absolute atomic E-state index is 13.5. The molecule has 3 aromatic rings. The summed E-state index contributed by atoms with van der Waals surface area (Å²) in [5.41, 5.74) is 2.81. The van der Waals surface area contributed by atoms with Gasteiger partial charge >= 0.3 is 5.97 Å². The Morgan fingerprint density at radius 1 is 1.22 bits per heavy atom. The summed E-state index contributed by atoms with van der Waals surface area (Å²) >= 11 is 3.21. The van der Waals surface area contributed by atoms with E-state index in [0.29, 0.717) is 29.7 Å². The molecule has 0 spiro atoms. The molecule has 0 aliphatic rings. The molecule has 0 bridgehead atoms. The van der Waals surface area contributed by atoms with Gasteiger partial charge < -0.3 is 14.0 Å². The number of rotatable bonds is 7. The molecule has 0 unspecified atom stereocenters. The van der Waals surface area contributed by atoms with Gasteiger partial charge in [0.1, 0.15) is 11.6 Å². The Morgan fingerprint density at radius 3 is 2.74 bits per heavy atom. The number of fused-ring (bicyclic) bond motifs is 1. The van der Waals surface area contributed by atoms with Gasteiger partial charge in [0.2, 0.25) is 0 Å². The van der Waals surface area contributed by atoms with E-state index in [1.807, 2.05) is 12.1 Å². The maximum Gasteiger partial charge on any atom is 0.308 e. The Morgan fingerprint density at radius 2 is 2.04 bits per heavy atom. The summed E-state index contributed by atoms with van der Waals surface area (Å²) in [6, 6.07) is 12.2. The van der Waals surface area contributed by atoms with E-state index in [1.54, 1.807) is 24.3 Å². The van der Waals surface area contributed by atoms with Gasteiger partial charge in [-0.05, 0) is 57.9 Å². The van der Waals surface area contributed by atoms with Crippen LogP contribution in [0.5, 0.6) is 5.75 Å². The topological polar surface area (TPSA) is 57.5 Å². The highest BCUT2D eigenvalue weighted by atomic mass is 79.9. The molecule has 0 aliphatic heterocycles. The van der Waals surface area contributed by atoms with Crippen LogP contribution in [0.2, 0.25) is 0 Å². The van der Waals surface area contributed by atoms with Crippen LogP contribution < -0.4 is 4.74 Å². The standard InChI is InChI=1S/C20H17BrFNO4/c1-13(25)27-17-3-5-20-15(10-17)9-16(6-7-26-12-24)23(20)11-14-2-4-19(22)18(21)8-14/h2-5,8-10,12H,6-7,11H2,1H3. The number of hydrogen-bond donors (Lipinski definition) is 0. The van der Waals surface area contributed by atoms with Crippen LogP contribution in [-0.4, -0.2) is 23.6 Å². The fourth-order valence-electron chi connectivity index (χ4n) is 2.96. The van der Waals surface area contributed by atoms with Crippen LogP contribution in [0, 0.1) is 5.82 Å². The first-order valence-electron chi connectivity index (χ1n) is 8.27. The lowest BCUT2D eigenvalue weighted by molar-refractivity contribution is -0.132. The average Bonchev–Trinajstić information content (AvgIpc) is 2.95. The van der Waals surface area contributed by atoms with E-state index in [-0.39, 0.29) is 18.4 Å². The van der Waals surface area contributed by atoms with Gasteiger partial charge in [-0.1, -0.05) is 6.07 Å². The van der Waals surface area contributed by atoms with E-state index in [4.69, 9.17) is 9.47 Å². The maximum atomic E-state index is 13.5. The molecule has 0 atom stereocenters. The highest BCUT2D eigenvalue weighted by Gasteiger charge is 2.12. The first kappa shape index (κ1) is 19.1. The van der Waals surface area contributed by atoms with Crippen LogP contribution in [0.4, 0.5) is 4.39 Å². The molecule has 0 aliphatic carbocycles. The molecule has 7 heteroatoms. The largest absolute Gasteiger partial charge is 0.467 e. The lowest BCUT2D eigenvalue weighted by Gasteiger charge is -2.12. The van der Waals surface area contributed by atoms with Gasteiger partial charge in [-0.15, -0.1) is 0 Å². The van der Waals surface area contributed by atoms with Crippen molar-refractivity contribution in [3.8, 4) is 5.75 Å². The lowest BCUT2D eigenvalue weighted by atomic mass is 10.2. The zero-order valence-corrected chi connectivity index (χ0v) is 16.2. The first-order valence-corrected chi connectivity index (χ1v) is 9.07. The van der Waals surface area contributed by atoms with Crippen molar-refractivity contribution in [1.82, 2.24) is 4.57 Å². The molecule has 0 N–H and O–H groups in total. The average molecular weight is 434 g/mol. The van der Waals surface area contributed by atoms with E-state index in [0.717, 1.165) is 22.2 Å². The number of halogens is 2. The van der Waals surface area contributed by atoms with Gasteiger partial charge in [-0.2, -0.15) is 0 Å². The predicted molar refractivity (Wildman–Crippen MR) is 102 cm³/mol. The third-order valence-corrected chi connectivity index (χ3v) is 4.70. The summed E-state index contributed by atoms with van der Waals surface area (Å²) in [7, 11) is 0. The molecule has 1 heterocycles. The van der Waals surface area contributed by atoms with Gasteiger partial charge in [-0.25, -0.2) is 4.39 Å². The second-order valence-electron chi connectivity index (χ2n) is 6.00. The zero-order chi connectivity index (χ0) is 19.4. The number of nitrogens with zero attached hydrogens (tertiary/aromatic N) is 1. The van der Waals surface area contributed by atoms with Gasteiger partial charge in [0.25, 0.3) is 6.47 Å². The fourth-order valence-corrected chi connectivity index (χ4v) is 3.39. The van der Waals surface area contributed by atoms with Crippen LogP contribution in [0.25, 0.3) is 10.9 Å². The normalized spacial score (nSPS) is 10.8. The van der Waals surface area contributed by atoms with Crippen LogP contribution in [-0.2, 0) is 27.3 Å². The Kier molecular flexibility index (Phi) is 5.91. The van der Waals surface area contributed by atoms with Crippen LogP contribution in [0.15, 0.2) is 46.9 Å². The van der Waals surface area contributed by atoms with Crippen molar-refractivity contribution in [2.24, 2.45) is 0 Å². The second-order valence-corrected chi connectivity index (χ2v) is 6.86. The van der Waals surface area contributed by atoms with Gasteiger partial charge in [-0.3, -0.25) is 9.59 Å². The molecule has 27 heavy (non-hydrogen) atoms. The number of carbonyl (C=O) groups is 2. The fraction of sp³-hybridized carbons (Fsp3) is 0.200. The molecule has 0 amide bonds. The summed E-state index contributed by atoms with van der Waals surface area (Å²) in [6.45, 7) is 2.54. The summed E-state index contributed by atoms with van der Waals surface area (Å²) in [5, 5.41) is 0.899. The van der Waals surface area contributed by atoms with Crippen molar-refractivity contribution >= 4 is 39.3 Å². The van der Waals surface area contributed by atoms with Gasteiger partial charge in [0, 0.05) is 36.5 Å². The highest BCUT2D eigenvalue weighted by Crippen LogP contribution is 2.27. The minimum atomic E-state index is -0.385. The van der Waals surface area contributed by atoms with E-state index >= 15 is 0 Å². The van der Waals surface area contributed by atoms with Crippen molar-refractivity contribution in [3.05, 3.63) is 64.0 Å². The van der Waals surface area contributed by atoms with E-state index in [2.05, 4.69) is 20.5 Å². The SMILES string of the molecule is CC(=O)Oc1ccc2c(c1)cc(CCOC=O)n2Cc1ccc(F)c(Br)c1. The zero-order valence-electron chi connectivity index (χ0n) is 14.6. The molecule has 0 saturated carbocycles. The number of benzene rings is 2. The monoisotopic (exact) mass is 433 g/mol. The summed E-state index contributed by atoms with van der Waals surface area (Å²) in [6.07, 6.45) is 0.526. The molecular formula is C20H17BrFNO4. The van der Waals surface area contributed by atoms with Crippen molar-refractivity contribution < 1.29 is 23.5 Å². The number of hydrogen-bond acceptors (Lipinski definition) is 4. The van der Waals surface area contributed by atoms with Crippen LogP contribution in [0.1, 0.15) is 18.2 Å². The lowest BCUT2D eigenvalue weighted by Crippen LogP contribution is -2.07. The number of ether oxygens (including phenoxy) is 2. The molecule has 2 aromatic carbocycles. The second kappa shape index (κ2) is 8.35. The molecule has 0 fully saturated rings. The molecule has 3 rings (SSSR count). The molecule has 1 aromatic heterocycles. The number of esters is 1. The van der Waals surface area contributed by atoms with Crippen molar-refractivity contribution in [1.29, 1.82) is 0 Å². The predicted octanol–water partition coefficient (Wildman–Crippen LogP) is 4.23. The Labute approximate surface area is 163 Å². The van der Waals surface area contributed by atoms with E-state index in [1.165, 1.54) is 13.0 Å². The van der Waals surface area contributed by atoms with Crippen molar-refractivity contribution in [2.45, 2.75) is 19.9 Å². The number of aromatic nitrogens is 1. The number of carbonyl (C=O) groups excluding carboxylic acids is 2. The minimum Gasteiger partial charge on any atom is -0.467 e. The molecule has 5 nitrogen and oxygen atoms in total.